The molecule has 1 aromatic heterocycles. The number of nitrogens with zero attached hydrogens (tertiary/aromatic N) is 1. The van der Waals surface area contributed by atoms with Crippen molar-refractivity contribution in [3.8, 4) is 0 Å². The molecule has 0 aliphatic heterocycles. The Morgan fingerprint density at radius 2 is 2.20 bits per heavy atom. The summed E-state index contributed by atoms with van der Waals surface area (Å²) in [5.74, 6) is -0.903. The average molecular weight is 219 g/mol. The number of carbonyl (C=O) groups excluding carboxylic acids is 1. The van der Waals surface area contributed by atoms with E-state index in [1.165, 1.54) is 18.3 Å². The number of hydrogen-bond acceptors (Lipinski definition) is 3. The first-order valence-corrected chi connectivity index (χ1v) is 3.95. The number of aromatic nitrogens is 1. The number of alkyl halides is 3. The van der Waals surface area contributed by atoms with Crippen molar-refractivity contribution >= 4 is 11.6 Å². The van der Waals surface area contributed by atoms with E-state index in [2.05, 4.69) is 4.98 Å². The third-order valence-electron chi connectivity index (χ3n) is 1.47. The van der Waals surface area contributed by atoms with Crippen LogP contribution in [-0.2, 0) is 0 Å². The molecule has 4 nitrogen and oxygen atoms in total. The van der Waals surface area contributed by atoms with E-state index in [0.717, 1.165) is 0 Å². The molecule has 7 heteroatoms. The number of nitrogens with one attached hydrogen (secondary N) is 1. The molecule has 1 heterocycles. The van der Waals surface area contributed by atoms with Crippen LogP contribution in [0.3, 0.4) is 0 Å². The van der Waals surface area contributed by atoms with Gasteiger partial charge in [0.2, 0.25) is 0 Å². The zero-order valence-corrected chi connectivity index (χ0v) is 7.51. The van der Waals surface area contributed by atoms with Gasteiger partial charge in [-0.3, -0.25) is 9.78 Å². The van der Waals surface area contributed by atoms with Crippen LogP contribution >= 0.6 is 0 Å². The Kier molecular flexibility index (Phi) is 3.13. The monoisotopic (exact) mass is 219 g/mol. The fourth-order valence-electron chi connectivity index (χ4n) is 0.842. The van der Waals surface area contributed by atoms with Gasteiger partial charge in [-0.25, -0.2) is 0 Å². The molecular weight excluding hydrogens is 211 g/mol. The Bertz CT molecular complexity index is 364. The first-order chi connectivity index (χ1) is 6.88. The summed E-state index contributed by atoms with van der Waals surface area (Å²) in [5, 5.41) is 1.68. The van der Waals surface area contributed by atoms with Crippen LogP contribution in [0.5, 0.6) is 0 Å². The molecule has 0 fully saturated rings. The highest BCUT2D eigenvalue weighted by Gasteiger charge is 2.28. The predicted molar refractivity (Wildman–Crippen MR) is 47.0 cm³/mol. The maximum Gasteiger partial charge on any atom is 0.405 e. The van der Waals surface area contributed by atoms with Crippen molar-refractivity contribution in [1.29, 1.82) is 0 Å². The number of nitrogens with two attached hydrogens (primary N) is 1. The lowest BCUT2D eigenvalue weighted by molar-refractivity contribution is -0.123. The number of halogens is 3. The normalized spacial score (nSPS) is 11.1. The Balaban J connectivity index is 2.62. The SMILES string of the molecule is Nc1ccnc(C(=O)NCC(F)(F)F)c1. The van der Waals surface area contributed by atoms with Crippen LogP contribution in [0.2, 0.25) is 0 Å². The number of anilines is 1. The summed E-state index contributed by atoms with van der Waals surface area (Å²) in [4.78, 5) is 14.7. The lowest BCUT2D eigenvalue weighted by atomic mass is 10.3. The Morgan fingerprint density at radius 3 is 2.73 bits per heavy atom. The van der Waals surface area contributed by atoms with Gasteiger partial charge in [0.05, 0.1) is 0 Å². The van der Waals surface area contributed by atoms with Crippen LogP contribution in [0.4, 0.5) is 18.9 Å². The fraction of sp³-hybridized carbons (Fsp3) is 0.250. The first-order valence-electron chi connectivity index (χ1n) is 3.95. The molecular formula is C8H8F3N3O. The van der Waals surface area contributed by atoms with Gasteiger partial charge in [0, 0.05) is 11.9 Å². The van der Waals surface area contributed by atoms with Crippen molar-refractivity contribution in [2.75, 3.05) is 12.3 Å². The molecule has 0 radical (unpaired) electrons. The van der Waals surface area contributed by atoms with E-state index in [-0.39, 0.29) is 11.4 Å². The molecule has 82 valence electrons. The van der Waals surface area contributed by atoms with E-state index in [0.29, 0.717) is 0 Å². The highest BCUT2D eigenvalue weighted by molar-refractivity contribution is 5.92. The molecule has 0 atom stereocenters. The predicted octanol–water partition coefficient (Wildman–Crippen LogP) is 0.956. The molecule has 15 heavy (non-hydrogen) atoms. The second-order valence-corrected chi connectivity index (χ2v) is 2.77. The van der Waals surface area contributed by atoms with Crippen molar-refractivity contribution in [2.24, 2.45) is 0 Å². The molecule has 0 aromatic carbocycles. The summed E-state index contributed by atoms with van der Waals surface area (Å²) < 4.78 is 35.3. The topological polar surface area (TPSA) is 68.0 Å². The number of hydrogen-bond donors (Lipinski definition) is 2. The summed E-state index contributed by atoms with van der Waals surface area (Å²) in [6.07, 6.45) is -3.19. The summed E-state index contributed by atoms with van der Waals surface area (Å²) in [6.45, 7) is -1.39. The van der Waals surface area contributed by atoms with E-state index in [1.54, 1.807) is 5.32 Å². The second kappa shape index (κ2) is 4.16. The first kappa shape index (κ1) is 11.3. The lowest BCUT2D eigenvalue weighted by Gasteiger charge is -2.07. The lowest BCUT2D eigenvalue weighted by Crippen LogP contribution is -2.34. The van der Waals surface area contributed by atoms with Gasteiger partial charge in [-0.2, -0.15) is 13.2 Å². The quantitative estimate of drug-likeness (QED) is 0.778. The van der Waals surface area contributed by atoms with Crippen molar-refractivity contribution in [3.63, 3.8) is 0 Å². The van der Waals surface area contributed by atoms with Crippen LogP contribution in [0, 0.1) is 0 Å². The van der Waals surface area contributed by atoms with E-state index >= 15 is 0 Å². The van der Waals surface area contributed by atoms with Gasteiger partial charge in [-0.05, 0) is 12.1 Å². The third-order valence-corrected chi connectivity index (χ3v) is 1.47. The van der Waals surface area contributed by atoms with Crippen LogP contribution in [0.25, 0.3) is 0 Å². The Morgan fingerprint density at radius 1 is 1.53 bits per heavy atom. The molecule has 0 saturated carbocycles. The maximum absolute atomic E-state index is 11.8. The van der Waals surface area contributed by atoms with Gasteiger partial charge in [0.15, 0.2) is 0 Å². The van der Waals surface area contributed by atoms with Gasteiger partial charge in [-0.15, -0.1) is 0 Å². The van der Waals surface area contributed by atoms with Crippen LogP contribution in [0.15, 0.2) is 18.3 Å². The fourth-order valence-corrected chi connectivity index (χ4v) is 0.842. The second-order valence-electron chi connectivity index (χ2n) is 2.77. The van der Waals surface area contributed by atoms with E-state index in [1.807, 2.05) is 0 Å². The summed E-state index contributed by atoms with van der Waals surface area (Å²) >= 11 is 0. The van der Waals surface area contributed by atoms with Gasteiger partial charge >= 0.3 is 6.18 Å². The standard InChI is InChI=1S/C8H8F3N3O/c9-8(10,11)4-14-7(15)6-3-5(12)1-2-13-6/h1-3H,4H2,(H2,12,13)(H,14,15). The summed E-state index contributed by atoms with van der Waals surface area (Å²) in [7, 11) is 0. The molecule has 0 aliphatic carbocycles. The van der Waals surface area contributed by atoms with Crippen LogP contribution < -0.4 is 11.1 Å². The maximum atomic E-state index is 11.8. The molecule has 3 N–H and O–H groups in total. The molecule has 0 bridgehead atoms. The Hall–Kier alpha value is -1.79. The van der Waals surface area contributed by atoms with Crippen LogP contribution in [0.1, 0.15) is 10.5 Å². The van der Waals surface area contributed by atoms with Gasteiger partial charge < -0.3 is 11.1 Å². The molecule has 0 unspecified atom stereocenters. The molecule has 0 aliphatic rings. The molecule has 1 rings (SSSR count). The Labute approximate surface area is 83.3 Å². The number of amides is 1. The molecule has 0 spiro atoms. The molecule has 1 amide bonds. The van der Waals surface area contributed by atoms with Crippen molar-refractivity contribution < 1.29 is 18.0 Å². The van der Waals surface area contributed by atoms with Gasteiger partial charge in [-0.1, -0.05) is 0 Å². The molecule has 1 aromatic rings. The number of pyridine rings is 1. The zero-order chi connectivity index (χ0) is 11.5. The average Bonchev–Trinajstić information content (AvgIpc) is 2.13. The van der Waals surface area contributed by atoms with E-state index < -0.39 is 18.6 Å². The van der Waals surface area contributed by atoms with Crippen molar-refractivity contribution in [2.45, 2.75) is 6.18 Å². The van der Waals surface area contributed by atoms with Gasteiger partial charge in [0.1, 0.15) is 12.2 Å². The number of nitrogen functional groups attached to an aromatic ring is 1. The van der Waals surface area contributed by atoms with E-state index in [9.17, 15) is 18.0 Å². The number of rotatable bonds is 2. The smallest absolute Gasteiger partial charge is 0.399 e. The largest absolute Gasteiger partial charge is 0.405 e. The minimum absolute atomic E-state index is 0.140. The van der Waals surface area contributed by atoms with Crippen molar-refractivity contribution in [1.82, 2.24) is 10.3 Å². The van der Waals surface area contributed by atoms with E-state index in [4.69, 9.17) is 5.73 Å². The van der Waals surface area contributed by atoms with Gasteiger partial charge in [0.25, 0.3) is 5.91 Å². The zero-order valence-electron chi connectivity index (χ0n) is 7.51. The highest BCUT2D eigenvalue weighted by atomic mass is 19.4. The summed E-state index contributed by atoms with van der Waals surface area (Å²) in [6, 6.07) is 2.63. The van der Waals surface area contributed by atoms with Crippen molar-refractivity contribution in [3.05, 3.63) is 24.0 Å². The minimum atomic E-state index is -4.43. The molecule has 0 saturated heterocycles. The number of carbonyl (C=O) groups is 1. The highest BCUT2D eigenvalue weighted by Crippen LogP contribution is 2.12. The minimum Gasteiger partial charge on any atom is -0.399 e. The van der Waals surface area contributed by atoms with Crippen LogP contribution in [-0.4, -0.2) is 23.6 Å². The summed E-state index contributed by atoms with van der Waals surface area (Å²) in [5.41, 5.74) is 5.46. The third kappa shape index (κ3) is 3.84.